The van der Waals surface area contributed by atoms with Crippen LogP contribution in [0, 0.1) is 0 Å². The summed E-state index contributed by atoms with van der Waals surface area (Å²) >= 11 is 0. The normalized spacial score (nSPS) is 22.3. The average molecular weight is 318 g/mol. The van der Waals surface area contributed by atoms with Gasteiger partial charge < -0.3 is 15.5 Å². The van der Waals surface area contributed by atoms with Gasteiger partial charge in [0.15, 0.2) is 5.82 Å². The third-order valence-electron chi connectivity index (χ3n) is 4.85. The number of hydrogen-bond acceptors (Lipinski definition) is 4. The van der Waals surface area contributed by atoms with Crippen molar-refractivity contribution in [1.82, 2.24) is 25.7 Å². The number of amides is 4. The smallest absolute Gasteiger partial charge is 0.325 e. The Labute approximate surface area is 134 Å². The predicted molar refractivity (Wildman–Crippen MR) is 84.4 cm³/mol. The van der Waals surface area contributed by atoms with Gasteiger partial charge in [-0.05, 0) is 25.7 Å². The molecule has 3 fully saturated rings. The molecule has 1 aromatic rings. The zero-order valence-corrected chi connectivity index (χ0v) is 13.0. The predicted octanol–water partition coefficient (Wildman–Crippen LogP) is 0.991. The van der Waals surface area contributed by atoms with E-state index in [9.17, 15) is 9.59 Å². The Morgan fingerprint density at radius 3 is 2.65 bits per heavy atom. The molecule has 4 amide bonds. The lowest BCUT2D eigenvalue weighted by atomic mass is 10.1. The third-order valence-corrected chi connectivity index (χ3v) is 4.85. The van der Waals surface area contributed by atoms with E-state index < -0.39 is 0 Å². The lowest BCUT2D eigenvalue weighted by molar-refractivity contribution is 0.194. The first kappa shape index (κ1) is 14.3. The molecule has 1 saturated carbocycles. The minimum Gasteiger partial charge on any atom is -0.355 e. The molecule has 8 nitrogen and oxygen atoms in total. The maximum Gasteiger partial charge on any atom is 0.325 e. The van der Waals surface area contributed by atoms with Crippen molar-refractivity contribution in [2.45, 2.75) is 37.6 Å². The van der Waals surface area contributed by atoms with Crippen molar-refractivity contribution in [3.63, 3.8) is 0 Å². The lowest BCUT2D eigenvalue weighted by Gasteiger charge is -2.32. The SMILES string of the molecule is O=C1NCCN1C(=O)NC1CCN(c2cc(C3CC3)[nH]n2)CC1. The van der Waals surface area contributed by atoms with Crippen LogP contribution in [0.15, 0.2) is 6.07 Å². The van der Waals surface area contributed by atoms with Crippen molar-refractivity contribution in [3.8, 4) is 0 Å². The Morgan fingerprint density at radius 1 is 1.22 bits per heavy atom. The first-order chi connectivity index (χ1) is 11.2. The molecule has 8 heteroatoms. The van der Waals surface area contributed by atoms with Crippen LogP contribution in [0.3, 0.4) is 0 Å². The third kappa shape index (κ3) is 2.97. The molecule has 0 radical (unpaired) electrons. The number of urea groups is 2. The minimum atomic E-state index is -0.302. The van der Waals surface area contributed by atoms with E-state index in [1.54, 1.807) is 0 Å². The number of nitrogens with one attached hydrogen (secondary N) is 3. The molecule has 3 N–H and O–H groups in total. The molecule has 0 unspecified atom stereocenters. The highest BCUT2D eigenvalue weighted by atomic mass is 16.2. The topological polar surface area (TPSA) is 93.4 Å². The summed E-state index contributed by atoms with van der Waals surface area (Å²) in [6.07, 6.45) is 4.26. The zero-order valence-electron chi connectivity index (χ0n) is 13.0. The van der Waals surface area contributed by atoms with Gasteiger partial charge in [-0.3, -0.25) is 5.10 Å². The van der Waals surface area contributed by atoms with Gasteiger partial charge in [-0.25, -0.2) is 14.5 Å². The molecule has 0 spiro atoms. The summed E-state index contributed by atoms with van der Waals surface area (Å²) in [7, 11) is 0. The molecule has 0 bridgehead atoms. The molecular formula is C15H22N6O2. The molecule has 2 saturated heterocycles. The van der Waals surface area contributed by atoms with Crippen molar-refractivity contribution in [3.05, 3.63) is 11.8 Å². The van der Waals surface area contributed by atoms with Crippen molar-refractivity contribution >= 4 is 17.9 Å². The van der Waals surface area contributed by atoms with Crippen LogP contribution in [0.4, 0.5) is 15.4 Å². The van der Waals surface area contributed by atoms with Gasteiger partial charge in [0.2, 0.25) is 0 Å². The first-order valence-corrected chi connectivity index (χ1v) is 8.37. The van der Waals surface area contributed by atoms with Crippen LogP contribution in [-0.2, 0) is 0 Å². The molecule has 2 aliphatic heterocycles. The molecule has 0 aromatic carbocycles. The number of H-pyrrole nitrogens is 1. The number of anilines is 1. The van der Waals surface area contributed by atoms with Gasteiger partial charge in [0, 0.05) is 49.9 Å². The highest BCUT2D eigenvalue weighted by molar-refractivity contribution is 5.95. The molecule has 4 rings (SSSR count). The Kier molecular flexibility index (Phi) is 3.59. The highest BCUT2D eigenvalue weighted by Gasteiger charge is 2.30. The van der Waals surface area contributed by atoms with Crippen molar-refractivity contribution < 1.29 is 9.59 Å². The van der Waals surface area contributed by atoms with E-state index in [2.05, 4.69) is 31.8 Å². The van der Waals surface area contributed by atoms with Crippen molar-refractivity contribution in [2.24, 2.45) is 0 Å². The summed E-state index contributed by atoms with van der Waals surface area (Å²) in [4.78, 5) is 27.1. The Hall–Kier alpha value is -2.25. The maximum atomic E-state index is 12.1. The van der Waals surface area contributed by atoms with Crippen molar-refractivity contribution in [2.75, 3.05) is 31.1 Å². The summed E-state index contributed by atoms with van der Waals surface area (Å²) in [6.45, 7) is 2.71. The molecule has 0 atom stereocenters. The first-order valence-electron chi connectivity index (χ1n) is 8.37. The van der Waals surface area contributed by atoms with E-state index in [1.807, 2.05) is 0 Å². The van der Waals surface area contributed by atoms with Crippen LogP contribution in [0.2, 0.25) is 0 Å². The number of aromatic amines is 1. The van der Waals surface area contributed by atoms with Gasteiger partial charge in [-0.1, -0.05) is 0 Å². The number of carbonyl (C=O) groups excluding carboxylic acids is 2. The molecule has 3 heterocycles. The van der Waals surface area contributed by atoms with Crippen LogP contribution < -0.4 is 15.5 Å². The summed E-state index contributed by atoms with van der Waals surface area (Å²) in [5.74, 6) is 1.69. The van der Waals surface area contributed by atoms with Crippen LogP contribution in [0.1, 0.15) is 37.3 Å². The molecule has 1 aromatic heterocycles. The van der Waals surface area contributed by atoms with Gasteiger partial charge in [0.05, 0.1) is 0 Å². The van der Waals surface area contributed by atoms with Gasteiger partial charge in [-0.2, -0.15) is 5.10 Å². The van der Waals surface area contributed by atoms with Crippen LogP contribution in [-0.4, -0.2) is 59.4 Å². The fourth-order valence-electron chi connectivity index (χ4n) is 3.26. The monoisotopic (exact) mass is 318 g/mol. The van der Waals surface area contributed by atoms with E-state index in [-0.39, 0.29) is 18.1 Å². The fourth-order valence-corrected chi connectivity index (χ4v) is 3.26. The summed E-state index contributed by atoms with van der Waals surface area (Å²) in [6, 6.07) is 1.69. The largest absolute Gasteiger partial charge is 0.355 e. The van der Waals surface area contributed by atoms with Crippen LogP contribution in [0.5, 0.6) is 0 Å². The Bertz CT molecular complexity index is 603. The van der Waals surface area contributed by atoms with Gasteiger partial charge in [0.1, 0.15) is 0 Å². The average Bonchev–Trinajstić information content (AvgIpc) is 3.12. The Balaban J connectivity index is 1.28. The van der Waals surface area contributed by atoms with E-state index in [4.69, 9.17) is 0 Å². The number of hydrogen-bond donors (Lipinski definition) is 3. The number of imide groups is 1. The molecule has 124 valence electrons. The number of aromatic nitrogens is 2. The lowest BCUT2D eigenvalue weighted by Crippen LogP contribution is -2.50. The number of carbonyl (C=O) groups is 2. The van der Waals surface area contributed by atoms with Gasteiger partial charge >= 0.3 is 12.1 Å². The van der Waals surface area contributed by atoms with Crippen LogP contribution in [0.25, 0.3) is 0 Å². The highest BCUT2D eigenvalue weighted by Crippen LogP contribution is 2.40. The molecule has 1 aliphatic carbocycles. The molecule has 23 heavy (non-hydrogen) atoms. The van der Waals surface area contributed by atoms with Crippen molar-refractivity contribution in [1.29, 1.82) is 0 Å². The Morgan fingerprint density at radius 2 is 2.00 bits per heavy atom. The van der Waals surface area contributed by atoms with Gasteiger partial charge in [0.25, 0.3) is 0 Å². The fraction of sp³-hybridized carbons (Fsp3) is 0.667. The minimum absolute atomic E-state index is 0.119. The second-order valence-corrected chi connectivity index (χ2v) is 6.55. The quantitative estimate of drug-likeness (QED) is 0.775. The summed E-state index contributed by atoms with van der Waals surface area (Å²) < 4.78 is 0. The standard InChI is InChI=1S/C15H22N6O2/c22-14-16-5-8-21(14)15(23)17-11-3-6-20(7-4-11)13-9-12(18-19-13)10-1-2-10/h9-11H,1-8H2,(H,16,22)(H,17,23)(H,18,19). The van der Waals surface area contributed by atoms with E-state index >= 15 is 0 Å². The maximum absolute atomic E-state index is 12.1. The van der Waals surface area contributed by atoms with Gasteiger partial charge in [-0.15, -0.1) is 0 Å². The van der Waals surface area contributed by atoms with E-state index in [0.29, 0.717) is 19.0 Å². The van der Waals surface area contributed by atoms with E-state index in [1.165, 1.54) is 23.4 Å². The summed E-state index contributed by atoms with van der Waals surface area (Å²) in [5.41, 5.74) is 1.25. The second kappa shape index (κ2) is 5.75. The van der Waals surface area contributed by atoms with E-state index in [0.717, 1.165) is 31.7 Å². The molecule has 3 aliphatic rings. The number of rotatable bonds is 3. The second-order valence-electron chi connectivity index (χ2n) is 6.55. The number of nitrogens with zero attached hydrogens (tertiary/aromatic N) is 3. The zero-order chi connectivity index (χ0) is 15.8. The van der Waals surface area contributed by atoms with Crippen LogP contribution >= 0.6 is 0 Å². The summed E-state index contributed by atoms with van der Waals surface area (Å²) in [5, 5.41) is 13.2. The molecular weight excluding hydrogens is 296 g/mol. The number of piperidine rings is 1.